The zero-order valence-corrected chi connectivity index (χ0v) is 12.7. The Kier molecular flexibility index (Phi) is 8.43. The van der Waals surface area contributed by atoms with E-state index in [0.29, 0.717) is 6.04 Å². The summed E-state index contributed by atoms with van der Waals surface area (Å²) < 4.78 is 0. The van der Waals surface area contributed by atoms with Gasteiger partial charge in [0.1, 0.15) is 0 Å². The summed E-state index contributed by atoms with van der Waals surface area (Å²) in [5, 5.41) is 3.55. The summed E-state index contributed by atoms with van der Waals surface area (Å²) >= 11 is 0. The van der Waals surface area contributed by atoms with E-state index in [-0.39, 0.29) is 0 Å². The van der Waals surface area contributed by atoms with Crippen LogP contribution in [0.5, 0.6) is 0 Å². The zero-order valence-electron chi connectivity index (χ0n) is 12.7. The summed E-state index contributed by atoms with van der Waals surface area (Å²) in [5.74, 6) is 0. The largest absolute Gasteiger partial charge is 0.314 e. The topological polar surface area (TPSA) is 28.2 Å². The number of rotatable bonds is 10. The van der Waals surface area contributed by atoms with Gasteiger partial charge in [0, 0.05) is 25.0 Å². The van der Waals surface area contributed by atoms with Crippen molar-refractivity contribution in [2.75, 3.05) is 19.6 Å². The molecule has 0 aliphatic heterocycles. The van der Waals surface area contributed by atoms with Crippen LogP contribution in [0.4, 0.5) is 0 Å². The third kappa shape index (κ3) is 7.28. The Morgan fingerprint density at radius 2 is 2.00 bits per heavy atom. The summed E-state index contributed by atoms with van der Waals surface area (Å²) in [5.41, 5.74) is 1.36. The molecule has 1 unspecified atom stereocenters. The van der Waals surface area contributed by atoms with Gasteiger partial charge < -0.3 is 5.32 Å². The Balaban J connectivity index is 2.22. The van der Waals surface area contributed by atoms with Crippen LogP contribution in [0.2, 0.25) is 0 Å². The van der Waals surface area contributed by atoms with Gasteiger partial charge in [-0.1, -0.05) is 13.8 Å². The van der Waals surface area contributed by atoms with Gasteiger partial charge in [0.25, 0.3) is 0 Å². The molecule has 1 rings (SSSR count). The Morgan fingerprint density at radius 3 is 2.63 bits per heavy atom. The first-order valence-electron chi connectivity index (χ1n) is 7.60. The second-order valence-corrected chi connectivity index (χ2v) is 5.22. The third-order valence-corrected chi connectivity index (χ3v) is 3.46. The summed E-state index contributed by atoms with van der Waals surface area (Å²) in [7, 11) is 0. The normalized spacial score (nSPS) is 12.8. The molecule has 3 nitrogen and oxygen atoms in total. The highest BCUT2D eigenvalue weighted by Crippen LogP contribution is 2.05. The highest BCUT2D eigenvalue weighted by Gasteiger charge is 2.05. The molecule has 0 aromatic carbocycles. The van der Waals surface area contributed by atoms with E-state index in [9.17, 15) is 0 Å². The quantitative estimate of drug-likeness (QED) is 0.703. The van der Waals surface area contributed by atoms with Crippen molar-refractivity contribution in [3.63, 3.8) is 0 Å². The van der Waals surface area contributed by atoms with Crippen LogP contribution in [0.3, 0.4) is 0 Å². The van der Waals surface area contributed by atoms with Gasteiger partial charge in [-0.2, -0.15) is 0 Å². The molecule has 0 spiro atoms. The zero-order chi connectivity index (χ0) is 13.9. The summed E-state index contributed by atoms with van der Waals surface area (Å²) in [6, 6.07) is 4.85. The molecule has 0 aliphatic rings. The molecular formula is C16H29N3. The molecule has 0 amide bonds. The SMILES string of the molecule is CCCNC(C)CCCN(CC)Cc1ccncc1. The Morgan fingerprint density at radius 1 is 1.26 bits per heavy atom. The predicted molar refractivity (Wildman–Crippen MR) is 82.2 cm³/mol. The number of nitrogens with zero attached hydrogens (tertiary/aromatic N) is 2. The summed E-state index contributed by atoms with van der Waals surface area (Å²) in [4.78, 5) is 6.57. The van der Waals surface area contributed by atoms with E-state index in [0.717, 1.165) is 19.6 Å². The molecule has 0 fully saturated rings. The minimum atomic E-state index is 0.639. The monoisotopic (exact) mass is 263 g/mol. The summed E-state index contributed by atoms with van der Waals surface area (Å²) in [6.07, 6.45) is 7.48. The van der Waals surface area contributed by atoms with Gasteiger partial charge in [-0.25, -0.2) is 0 Å². The van der Waals surface area contributed by atoms with Gasteiger partial charge in [0.2, 0.25) is 0 Å². The second-order valence-electron chi connectivity index (χ2n) is 5.22. The molecule has 1 heterocycles. The van der Waals surface area contributed by atoms with Crippen molar-refractivity contribution in [2.24, 2.45) is 0 Å². The van der Waals surface area contributed by atoms with E-state index < -0.39 is 0 Å². The molecule has 19 heavy (non-hydrogen) atoms. The van der Waals surface area contributed by atoms with Gasteiger partial charge in [-0.15, -0.1) is 0 Å². The molecule has 0 saturated heterocycles. The van der Waals surface area contributed by atoms with Crippen LogP contribution in [-0.4, -0.2) is 35.6 Å². The van der Waals surface area contributed by atoms with Gasteiger partial charge in [0.15, 0.2) is 0 Å². The maximum absolute atomic E-state index is 4.07. The van der Waals surface area contributed by atoms with Gasteiger partial charge >= 0.3 is 0 Å². The number of nitrogens with one attached hydrogen (secondary N) is 1. The van der Waals surface area contributed by atoms with Crippen LogP contribution in [0.1, 0.15) is 45.6 Å². The average molecular weight is 263 g/mol. The molecule has 0 bridgehead atoms. The van der Waals surface area contributed by atoms with E-state index in [1.807, 2.05) is 12.4 Å². The number of hydrogen-bond acceptors (Lipinski definition) is 3. The van der Waals surface area contributed by atoms with Crippen LogP contribution < -0.4 is 5.32 Å². The fourth-order valence-corrected chi connectivity index (χ4v) is 2.21. The van der Waals surface area contributed by atoms with Crippen LogP contribution in [-0.2, 0) is 6.54 Å². The molecule has 0 saturated carbocycles. The minimum Gasteiger partial charge on any atom is -0.314 e. The van der Waals surface area contributed by atoms with Crippen molar-refractivity contribution in [2.45, 2.75) is 52.6 Å². The van der Waals surface area contributed by atoms with Crippen molar-refractivity contribution in [1.82, 2.24) is 15.2 Å². The number of aromatic nitrogens is 1. The van der Waals surface area contributed by atoms with Crippen LogP contribution >= 0.6 is 0 Å². The molecule has 108 valence electrons. The van der Waals surface area contributed by atoms with Crippen molar-refractivity contribution >= 4 is 0 Å². The van der Waals surface area contributed by atoms with Gasteiger partial charge in [-0.05, 0) is 63.5 Å². The van der Waals surface area contributed by atoms with Crippen LogP contribution in [0, 0.1) is 0 Å². The Labute approximate surface area is 118 Å². The number of hydrogen-bond donors (Lipinski definition) is 1. The van der Waals surface area contributed by atoms with E-state index in [2.05, 4.69) is 48.1 Å². The van der Waals surface area contributed by atoms with E-state index >= 15 is 0 Å². The standard InChI is InChI=1S/C16H29N3/c1-4-10-18-15(3)7-6-13-19(5-2)14-16-8-11-17-12-9-16/h8-9,11-12,15,18H,4-7,10,13-14H2,1-3H3. The number of pyridine rings is 1. The fourth-order valence-electron chi connectivity index (χ4n) is 2.21. The Bertz CT molecular complexity index is 313. The lowest BCUT2D eigenvalue weighted by atomic mass is 10.1. The molecule has 3 heteroatoms. The molecule has 0 radical (unpaired) electrons. The second kappa shape index (κ2) is 9.93. The molecule has 1 aromatic rings. The molecule has 1 N–H and O–H groups in total. The minimum absolute atomic E-state index is 0.639. The van der Waals surface area contributed by atoms with Crippen LogP contribution in [0.25, 0.3) is 0 Å². The maximum Gasteiger partial charge on any atom is 0.0271 e. The van der Waals surface area contributed by atoms with Crippen molar-refractivity contribution in [3.8, 4) is 0 Å². The third-order valence-electron chi connectivity index (χ3n) is 3.46. The van der Waals surface area contributed by atoms with E-state index in [1.165, 1.54) is 31.4 Å². The van der Waals surface area contributed by atoms with Crippen LogP contribution in [0.15, 0.2) is 24.5 Å². The molecule has 1 atom stereocenters. The predicted octanol–water partition coefficient (Wildman–Crippen LogP) is 3.07. The Hall–Kier alpha value is -0.930. The fraction of sp³-hybridized carbons (Fsp3) is 0.688. The highest BCUT2D eigenvalue weighted by atomic mass is 15.1. The smallest absolute Gasteiger partial charge is 0.0271 e. The first-order chi connectivity index (χ1) is 9.26. The van der Waals surface area contributed by atoms with E-state index in [1.54, 1.807) is 0 Å². The first-order valence-corrected chi connectivity index (χ1v) is 7.60. The molecule has 1 aromatic heterocycles. The average Bonchev–Trinajstić information content (AvgIpc) is 2.45. The highest BCUT2D eigenvalue weighted by molar-refractivity contribution is 5.09. The van der Waals surface area contributed by atoms with Crippen molar-refractivity contribution in [1.29, 1.82) is 0 Å². The van der Waals surface area contributed by atoms with E-state index in [4.69, 9.17) is 0 Å². The molecule has 0 aliphatic carbocycles. The van der Waals surface area contributed by atoms with Crippen molar-refractivity contribution < 1.29 is 0 Å². The lowest BCUT2D eigenvalue weighted by Crippen LogP contribution is -2.29. The lowest BCUT2D eigenvalue weighted by molar-refractivity contribution is 0.268. The van der Waals surface area contributed by atoms with Crippen molar-refractivity contribution in [3.05, 3.63) is 30.1 Å². The maximum atomic E-state index is 4.07. The lowest BCUT2D eigenvalue weighted by Gasteiger charge is -2.21. The summed E-state index contributed by atoms with van der Waals surface area (Å²) in [6.45, 7) is 11.2. The molecular weight excluding hydrogens is 234 g/mol. The van der Waals surface area contributed by atoms with Gasteiger partial charge in [0.05, 0.1) is 0 Å². The first kappa shape index (κ1) is 16.1. The van der Waals surface area contributed by atoms with Gasteiger partial charge in [-0.3, -0.25) is 9.88 Å².